The third-order valence-electron chi connectivity index (χ3n) is 6.33. The summed E-state index contributed by atoms with van der Waals surface area (Å²) in [6.07, 6.45) is 0. The molecule has 2 N–H and O–H groups in total. The summed E-state index contributed by atoms with van der Waals surface area (Å²) in [7, 11) is 0. The van der Waals surface area contributed by atoms with Crippen molar-refractivity contribution in [1.29, 1.82) is 0 Å². The molecule has 38 heavy (non-hydrogen) atoms. The Kier molecular flexibility index (Phi) is 5.88. The van der Waals surface area contributed by atoms with Crippen molar-refractivity contribution < 1.29 is 34.0 Å². The summed E-state index contributed by atoms with van der Waals surface area (Å²) in [5.74, 6) is -0.334. The quantitative estimate of drug-likeness (QED) is 0.215. The molecule has 0 bridgehead atoms. The molecule has 3 heterocycles. The SMILES string of the molecule is CCOc1ccc2nc(N3C(=O)C(=O)C(=C(O)c4ccc5c(c4)OCCO5)C3c3ccc(O)cc3)sc2c1. The zero-order chi connectivity index (χ0) is 26.4. The first-order chi connectivity index (χ1) is 18.4. The number of amides is 1. The third-order valence-corrected chi connectivity index (χ3v) is 7.35. The van der Waals surface area contributed by atoms with Gasteiger partial charge in [-0.3, -0.25) is 14.5 Å². The number of hydrogen-bond donors (Lipinski definition) is 2. The summed E-state index contributed by atoms with van der Waals surface area (Å²) < 4.78 is 17.6. The van der Waals surface area contributed by atoms with Gasteiger partial charge in [0, 0.05) is 5.56 Å². The van der Waals surface area contributed by atoms with E-state index in [2.05, 4.69) is 4.98 Å². The van der Waals surface area contributed by atoms with E-state index in [-0.39, 0.29) is 17.1 Å². The van der Waals surface area contributed by atoms with Crippen LogP contribution < -0.4 is 19.1 Å². The summed E-state index contributed by atoms with van der Waals surface area (Å²) in [6, 6.07) is 15.4. The average Bonchev–Trinajstić information content (AvgIpc) is 3.46. The standard InChI is InChI=1S/C28H22N2O7S/c1-2-35-18-8-9-19-22(14-18)38-28(29-19)30-24(15-3-6-17(31)7-4-15)23(26(33)27(30)34)25(32)16-5-10-20-21(13-16)37-12-11-36-20/h3-10,13-14,24,31-32H,2,11-12H2,1H3. The normalized spacial score (nSPS) is 18.2. The molecule has 2 aliphatic rings. The summed E-state index contributed by atoms with van der Waals surface area (Å²) in [5, 5.41) is 21.6. The van der Waals surface area contributed by atoms with E-state index in [4.69, 9.17) is 14.2 Å². The van der Waals surface area contributed by atoms with Crippen molar-refractivity contribution in [2.24, 2.45) is 0 Å². The highest BCUT2D eigenvalue weighted by Gasteiger charge is 2.48. The Labute approximate surface area is 221 Å². The van der Waals surface area contributed by atoms with E-state index in [0.717, 1.165) is 4.70 Å². The molecule has 1 unspecified atom stereocenters. The second-order valence-corrected chi connectivity index (χ2v) is 9.69. The number of rotatable bonds is 5. The van der Waals surface area contributed by atoms with Crippen LogP contribution in [0.25, 0.3) is 16.0 Å². The van der Waals surface area contributed by atoms with Crippen LogP contribution in [0.2, 0.25) is 0 Å². The molecule has 1 aromatic heterocycles. The molecule has 2 aliphatic heterocycles. The third kappa shape index (κ3) is 3.99. The number of carbonyl (C=O) groups is 2. The lowest BCUT2D eigenvalue weighted by molar-refractivity contribution is -0.132. The van der Waals surface area contributed by atoms with Gasteiger partial charge in [0.25, 0.3) is 5.78 Å². The van der Waals surface area contributed by atoms with Crippen LogP contribution in [0.15, 0.2) is 66.2 Å². The monoisotopic (exact) mass is 530 g/mol. The second-order valence-electron chi connectivity index (χ2n) is 8.68. The van der Waals surface area contributed by atoms with Crippen molar-refractivity contribution in [2.45, 2.75) is 13.0 Å². The molecule has 3 aromatic carbocycles. The Balaban J connectivity index is 1.51. The van der Waals surface area contributed by atoms with Crippen LogP contribution >= 0.6 is 11.3 Å². The van der Waals surface area contributed by atoms with E-state index in [1.165, 1.54) is 28.4 Å². The van der Waals surface area contributed by atoms with Gasteiger partial charge in [0.1, 0.15) is 30.5 Å². The van der Waals surface area contributed by atoms with Gasteiger partial charge in [-0.25, -0.2) is 4.98 Å². The Hall–Kier alpha value is -4.57. The second kappa shape index (κ2) is 9.38. The number of thiazole rings is 1. The van der Waals surface area contributed by atoms with Crippen LogP contribution in [0.4, 0.5) is 5.13 Å². The number of aromatic hydroxyl groups is 1. The molecule has 1 saturated heterocycles. The zero-order valence-electron chi connectivity index (χ0n) is 20.2. The Morgan fingerprint density at radius 3 is 2.58 bits per heavy atom. The number of Topliss-reactive ketones (excluding diaryl/α,β-unsaturated/α-hetero) is 1. The number of benzene rings is 3. The van der Waals surface area contributed by atoms with Crippen LogP contribution in [0.1, 0.15) is 24.1 Å². The maximum Gasteiger partial charge on any atom is 0.301 e. The first-order valence-electron chi connectivity index (χ1n) is 12.0. The number of aromatic nitrogens is 1. The number of carbonyl (C=O) groups excluding carboxylic acids is 2. The molecule has 6 rings (SSSR count). The van der Waals surface area contributed by atoms with E-state index in [1.807, 2.05) is 13.0 Å². The number of nitrogens with zero attached hydrogens (tertiary/aromatic N) is 2. The number of ether oxygens (including phenoxy) is 3. The maximum absolute atomic E-state index is 13.5. The summed E-state index contributed by atoms with van der Waals surface area (Å²) in [5.41, 5.74) is 1.38. The maximum atomic E-state index is 13.5. The lowest BCUT2D eigenvalue weighted by Gasteiger charge is -2.23. The fourth-order valence-corrected chi connectivity index (χ4v) is 5.62. The van der Waals surface area contributed by atoms with Crippen molar-refractivity contribution in [3.05, 3.63) is 77.4 Å². The van der Waals surface area contributed by atoms with Gasteiger partial charge in [0.15, 0.2) is 16.6 Å². The lowest BCUT2D eigenvalue weighted by atomic mass is 9.95. The number of phenolic OH excluding ortho intramolecular Hbond substituents is 1. The fraction of sp³-hybridized carbons (Fsp3) is 0.179. The van der Waals surface area contributed by atoms with Crippen molar-refractivity contribution in [2.75, 3.05) is 24.7 Å². The number of ketones is 1. The highest BCUT2D eigenvalue weighted by Crippen LogP contribution is 2.45. The molecule has 9 nitrogen and oxygen atoms in total. The predicted octanol–water partition coefficient (Wildman–Crippen LogP) is 4.80. The molecule has 192 valence electrons. The van der Waals surface area contributed by atoms with Gasteiger partial charge in [-0.05, 0) is 61.0 Å². The van der Waals surface area contributed by atoms with Gasteiger partial charge in [-0.2, -0.15) is 0 Å². The molecule has 4 aromatic rings. The van der Waals surface area contributed by atoms with Gasteiger partial charge < -0.3 is 24.4 Å². The molecule has 0 spiro atoms. The van der Waals surface area contributed by atoms with Crippen molar-refractivity contribution in [3.8, 4) is 23.0 Å². The van der Waals surface area contributed by atoms with Crippen LogP contribution in [-0.4, -0.2) is 46.7 Å². The molecular formula is C28H22N2O7S. The van der Waals surface area contributed by atoms with Crippen LogP contribution in [0.5, 0.6) is 23.0 Å². The van der Waals surface area contributed by atoms with E-state index >= 15 is 0 Å². The van der Waals surface area contributed by atoms with Crippen LogP contribution in [0, 0.1) is 0 Å². The summed E-state index contributed by atoms with van der Waals surface area (Å²) in [6.45, 7) is 3.17. The zero-order valence-corrected chi connectivity index (χ0v) is 21.0. The minimum Gasteiger partial charge on any atom is -0.508 e. The minimum absolute atomic E-state index is 0.0287. The highest BCUT2D eigenvalue weighted by molar-refractivity contribution is 7.22. The molecule has 10 heteroatoms. The van der Waals surface area contributed by atoms with E-state index in [1.54, 1.807) is 42.5 Å². The van der Waals surface area contributed by atoms with Gasteiger partial charge >= 0.3 is 5.91 Å². The molecule has 0 radical (unpaired) electrons. The van der Waals surface area contributed by atoms with Gasteiger partial charge in [0.05, 0.1) is 28.4 Å². The highest BCUT2D eigenvalue weighted by atomic mass is 32.1. The van der Waals surface area contributed by atoms with Crippen molar-refractivity contribution in [3.63, 3.8) is 0 Å². The van der Waals surface area contributed by atoms with Gasteiger partial charge in [0.2, 0.25) is 0 Å². The molecule has 0 saturated carbocycles. The number of anilines is 1. The van der Waals surface area contributed by atoms with E-state index in [0.29, 0.717) is 58.8 Å². The van der Waals surface area contributed by atoms with Crippen LogP contribution in [-0.2, 0) is 9.59 Å². The van der Waals surface area contributed by atoms with E-state index in [9.17, 15) is 19.8 Å². The summed E-state index contributed by atoms with van der Waals surface area (Å²) >= 11 is 1.24. The molecular weight excluding hydrogens is 508 g/mol. The Bertz CT molecular complexity index is 1610. The van der Waals surface area contributed by atoms with E-state index < -0.39 is 17.7 Å². The topological polar surface area (TPSA) is 118 Å². The average molecular weight is 531 g/mol. The number of phenols is 1. The fourth-order valence-electron chi connectivity index (χ4n) is 4.60. The largest absolute Gasteiger partial charge is 0.508 e. The first kappa shape index (κ1) is 23.8. The van der Waals surface area contributed by atoms with Gasteiger partial charge in [-0.15, -0.1) is 0 Å². The molecule has 1 fully saturated rings. The molecule has 1 atom stereocenters. The molecule has 0 aliphatic carbocycles. The Morgan fingerprint density at radius 2 is 1.82 bits per heavy atom. The van der Waals surface area contributed by atoms with Crippen LogP contribution in [0.3, 0.4) is 0 Å². The van der Waals surface area contributed by atoms with Crippen molar-refractivity contribution >= 4 is 44.1 Å². The summed E-state index contributed by atoms with van der Waals surface area (Å²) in [4.78, 5) is 32.8. The number of aliphatic hydroxyl groups is 1. The lowest BCUT2D eigenvalue weighted by Crippen LogP contribution is -2.29. The molecule has 1 amide bonds. The van der Waals surface area contributed by atoms with Gasteiger partial charge in [-0.1, -0.05) is 23.5 Å². The van der Waals surface area contributed by atoms with Crippen molar-refractivity contribution in [1.82, 2.24) is 4.98 Å². The smallest absolute Gasteiger partial charge is 0.301 e. The minimum atomic E-state index is -0.976. The predicted molar refractivity (Wildman–Crippen MR) is 141 cm³/mol. The number of aliphatic hydroxyl groups excluding tert-OH is 1. The Morgan fingerprint density at radius 1 is 1.05 bits per heavy atom. The number of fused-ring (bicyclic) bond motifs is 2. The first-order valence-corrected chi connectivity index (χ1v) is 12.8. The number of hydrogen-bond acceptors (Lipinski definition) is 9.